The highest BCUT2D eigenvalue weighted by molar-refractivity contribution is 7.18. The van der Waals surface area contributed by atoms with Crippen molar-refractivity contribution in [1.82, 2.24) is 15.2 Å². The minimum Gasteiger partial charge on any atom is -0.382 e. The van der Waals surface area contributed by atoms with Crippen LogP contribution in [0.1, 0.15) is 37.4 Å². The van der Waals surface area contributed by atoms with E-state index in [4.69, 9.17) is 5.73 Å². The van der Waals surface area contributed by atoms with E-state index in [0.29, 0.717) is 23.3 Å². The molecule has 0 aromatic carbocycles. The summed E-state index contributed by atoms with van der Waals surface area (Å²) in [5.41, 5.74) is 5.87. The highest BCUT2D eigenvalue weighted by atomic mass is 32.1. The third-order valence-corrected chi connectivity index (χ3v) is 4.64. The van der Waals surface area contributed by atoms with Gasteiger partial charge in [0.1, 0.15) is 10.7 Å². The highest BCUT2D eigenvalue weighted by Gasteiger charge is 2.18. The van der Waals surface area contributed by atoms with E-state index < -0.39 is 0 Å². The van der Waals surface area contributed by atoms with Crippen LogP contribution in [0.5, 0.6) is 0 Å². The monoisotopic (exact) mass is 313 g/mol. The van der Waals surface area contributed by atoms with Gasteiger partial charge in [-0.1, -0.05) is 11.3 Å². The van der Waals surface area contributed by atoms with Crippen LogP contribution in [0.15, 0.2) is 0 Å². The maximum atomic E-state index is 12.2. The molecule has 1 rings (SSSR count). The minimum atomic E-state index is -0.138. The molecule has 0 aliphatic heterocycles. The molecule has 21 heavy (non-hydrogen) atoms. The Bertz CT molecular complexity index is 456. The quantitative estimate of drug-likeness (QED) is 0.763. The Hall–Kier alpha value is -1.34. The van der Waals surface area contributed by atoms with Gasteiger partial charge in [0.2, 0.25) is 0 Å². The highest BCUT2D eigenvalue weighted by Crippen LogP contribution is 2.27. The Kier molecular flexibility index (Phi) is 6.91. The summed E-state index contributed by atoms with van der Waals surface area (Å²) in [6.07, 6.45) is 0. The first kappa shape index (κ1) is 17.7. The number of rotatable bonds is 8. The summed E-state index contributed by atoms with van der Waals surface area (Å²) in [7, 11) is 2.04. The van der Waals surface area contributed by atoms with Gasteiger partial charge in [-0.05, 0) is 34.7 Å². The summed E-state index contributed by atoms with van der Waals surface area (Å²) in [5.74, 6) is 0.178. The van der Waals surface area contributed by atoms with Gasteiger partial charge in [0.25, 0.3) is 5.91 Å². The van der Waals surface area contributed by atoms with Crippen LogP contribution in [-0.4, -0.2) is 55.1 Å². The smallest absolute Gasteiger partial charge is 0.265 e. The molecule has 0 radical (unpaired) electrons. The molecule has 1 aromatic heterocycles. The lowest BCUT2D eigenvalue weighted by Gasteiger charge is -2.20. The van der Waals surface area contributed by atoms with E-state index >= 15 is 0 Å². The summed E-state index contributed by atoms with van der Waals surface area (Å²) in [4.78, 5) is 21.2. The first-order valence-corrected chi connectivity index (χ1v) is 8.21. The van der Waals surface area contributed by atoms with Gasteiger partial charge in [-0.25, -0.2) is 4.98 Å². The Morgan fingerprint density at radius 3 is 2.52 bits per heavy atom. The maximum absolute atomic E-state index is 12.2. The average Bonchev–Trinajstić information content (AvgIpc) is 2.81. The molecule has 7 heteroatoms. The molecule has 1 aromatic rings. The molecule has 0 unspecified atom stereocenters. The number of thiazole rings is 1. The second kappa shape index (κ2) is 8.19. The summed E-state index contributed by atoms with van der Waals surface area (Å²) in [6, 6.07) is 0.463. The van der Waals surface area contributed by atoms with Crippen LogP contribution in [0.25, 0.3) is 0 Å². The first-order valence-electron chi connectivity index (χ1n) is 7.40. The summed E-state index contributed by atoms with van der Waals surface area (Å²) in [6.45, 7) is 11.5. The van der Waals surface area contributed by atoms with Crippen LogP contribution in [0.3, 0.4) is 0 Å². The van der Waals surface area contributed by atoms with Gasteiger partial charge < -0.3 is 20.9 Å². The number of nitrogens with zero attached hydrogens (tertiary/aromatic N) is 3. The lowest BCUT2D eigenvalue weighted by Crippen LogP contribution is -2.36. The fraction of sp³-hybridized carbons (Fsp3) is 0.714. The maximum Gasteiger partial charge on any atom is 0.265 e. The van der Waals surface area contributed by atoms with Gasteiger partial charge >= 0.3 is 0 Å². The predicted molar refractivity (Wildman–Crippen MR) is 90.2 cm³/mol. The first-order chi connectivity index (χ1) is 9.90. The summed E-state index contributed by atoms with van der Waals surface area (Å²) < 4.78 is 0. The van der Waals surface area contributed by atoms with Crippen LogP contribution < -0.4 is 16.0 Å². The molecule has 1 heterocycles. The number of amides is 1. The Morgan fingerprint density at radius 1 is 1.38 bits per heavy atom. The molecule has 0 fully saturated rings. The number of anilines is 2. The van der Waals surface area contributed by atoms with Crippen LogP contribution >= 0.6 is 11.3 Å². The molecule has 3 N–H and O–H groups in total. The van der Waals surface area contributed by atoms with Crippen molar-refractivity contribution in [3.63, 3.8) is 0 Å². The molecule has 1 amide bonds. The lowest BCUT2D eigenvalue weighted by atomic mass is 10.3. The van der Waals surface area contributed by atoms with Crippen LogP contribution in [-0.2, 0) is 0 Å². The van der Waals surface area contributed by atoms with Gasteiger partial charge in [-0.3, -0.25) is 4.79 Å². The second-order valence-corrected chi connectivity index (χ2v) is 6.19. The lowest BCUT2D eigenvalue weighted by molar-refractivity contribution is 0.0953. The molecule has 0 atom stereocenters. The number of nitrogen functional groups attached to an aromatic ring is 1. The number of nitrogens with one attached hydrogen (secondary N) is 1. The van der Waals surface area contributed by atoms with Gasteiger partial charge in [0.15, 0.2) is 5.13 Å². The van der Waals surface area contributed by atoms with Crippen LogP contribution in [0, 0.1) is 0 Å². The largest absolute Gasteiger partial charge is 0.382 e. The number of likely N-dealkylation sites (N-methyl/N-ethyl adjacent to an activating group) is 1. The number of hydrogen-bond donors (Lipinski definition) is 2. The number of carbonyl (C=O) groups excluding carboxylic acids is 1. The Morgan fingerprint density at radius 2 is 2.00 bits per heavy atom. The molecule has 120 valence electrons. The predicted octanol–water partition coefficient (Wildman–Crippen LogP) is 1.64. The third-order valence-electron chi connectivity index (χ3n) is 3.51. The molecule has 6 nitrogen and oxygen atoms in total. The van der Waals surface area contributed by atoms with E-state index in [1.54, 1.807) is 0 Å². The number of carbonyl (C=O) groups is 1. The molecule has 0 spiro atoms. The van der Waals surface area contributed by atoms with Crippen molar-refractivity contribution < 1.29 is 4.79 Å². The third kappa shape index (κ3) is 4.86. The Labute approximate surface area is 131 Å². The summed E-state index contributed by atoms with van der Waals surface area (Å²) >= 11 is 1.35. The van der Waals surface area contributed by atoms with Crippen molar-refractivity contribution in [2.45, 2.75) is 33.7 Å². The number of hydrogen-bond acceptors (Lipinski definition) is 6. The minimum absolute atomic E-state index is 0.138. The standard InChI is InChI=1S/C14H27N5OS/c1-6-19(7-2)14-17-12(15)11(21-14)13(20)16-8-9-18(5)10(3)4/h10H,6-9,15H2,1-5H3,(H,16,20). The topological polar surface area (TPSA) is 74.5 Å². The van der Waals surface area contributed by atoms with E-state index in [1.165, 1.54) is 11.3 Å². The Balaban J connectivity index is 2.62. The molecule has 0 bridgehead atoms. The zero-order valence-corrected chi connectivity index (χ0v) is 14.5. The van der Waals surface area contributed by atoms with E-state index in [9.17, 15) is 4.79 Å². The fourth-order valence-electron chi connectivity index (χ4n) is 1.80. The number of aromatic nitrogens is 1. The van der Waals surface area contributed by atoms with Gasteiger partial charge in [0.05, 0.1) is 0 Å². The molecular weight excluding hydrogens is 286 g/mol. The normalized spacial score (nSPS) is 11.2. The van der Waals surface area contributed by atoms with Crippen LogP contribution in [0.2, 0.25) is 0 Å². The molecule has 0 saturated carbocycles. The van der Waals surface area contributed by atoms with Crippen molar-refractivity contribution >= 4 is 28.2 Å². The zero-order chi connectivity index (χ0) is 16.0. The van der Waals surface area contributed by atoms with Gasteiger partial charge in [0, 0.05) is 32.2 Å². The molecule has 0 aliphatic rings. The SMILES string of the molecule is CCN(CC)c1nc(N)c(C(=O)NCCN(C)C(C)C)s1. The van der Waals surface area contributed by atoms with Gasteiger partial charge in [-0.2, -0.15) is 0 Å². The number of nitrogens with two attached hydrogens (primary N) is 1. The van der Waals surface area contributed by atoms with Crippen molar-refractivity contribution in [1.29, 1.82) is 0 Å². The van der Waals surface area contributed by atoms with E-state index in [-0.39, 0.29) is 5.91 Å². The second-order valence-electron chi connectivity index (χ2n) is 5.21. The zero-order valence-electron chi connectivity index (χ0n) is 13.6. The van der Waals surface area contributed by atoms with E-state index in [0.717, 1.165) is 24.8 Å². The van der Waals surface area contributed by atoms with Gasteiger partial charge in [-0.15, -0.1) is 0 Å². The van der Waals surface area contributed by atoms with Crippen molar-refractivity contribution in [3.8, 4) is 0 Å². The van der Waals surface area contributed by atoms with E-state index in [2.05, 4.69) is 47.8 Å². The molecule has 0 saturated heterocycles. The fourth-order valence-corrected chi connectivity index (χ4v) is 2.83. The molecular formula is C14H27N5OS. The average molecular weight is 313 g/mol. The van der Waals surface area contributed by atoms with Crippen molar-refractivity contribution in [2.75, 3.05) is 43.9 Å². The van der Waals surface area contributed by atoms with Crippen molar-refractivity contribution in [2.24, 2.45) is 0 Å². The van der Waals surface area contributed by atoms with Crippen LogP contribution in [0.4, 0.5) is 10.9 Å². The van der Waals surface area contributed by atoms with E-state index in [1.807, 2.05) is 7.05 Å². The van der Waals surface area contributed by atoms with Crippen molar-refractivity contribution in [3.05, 3.63) is 4.88 Å². The molecule has 0 aliphatic carbocycles. The summed E-state index contributed by atoms with van der Waals surface area (Å²) in [5, 5.41) is 3.71.